The number of para-hydroxylation sites is 1. The second-order valence-corrected chi connectivity index (χ2v) is 9.48. The average Bonchev–Trinajstić information content (AvgIpc) is 2.88. The van der Waals surface area contributed by atoms with E-state index in [1.54, 1.807) is 6.92 Å². The van der Waals surface area contributed by atoms with Crippen molar-refractivity contribution in [1.82, 2.24) is 5.32 Å². The van der Waals surface area contributed by atoms with E-state index in [4.69, 9.17) is 0 Å². The lowest BCUT2D eigenvalue weighted by Crippen LogP contribution is -2.37. The summed E-state index contributed by atoms with van der Waals surface area (Å²) in [4.78, 5) is 27.2. The lowest BCUT2D eigenvalue weighted by molar-refractivity contribution is -0.137. The predicted molar refractivity (Wildman–Crippen MR) is 136 cm³/mol. The maximum absolute atomic E-state index is 13.8. The van der Waals surface area contributed by atoms with Gasteiger partial charge in [-0.25, -0.2) is 4.39 Å². The van der Waals surface area contributed by atoms with Crippen LogP contribution in [0.1, 0.15) is 48.3 Å². The summed E-state index contributed by atoms with van der Waals surface area (Å²) in [5, 5.41) is 5.61. The Morgan fingerprint density at radius 2 is 1.55 bits per heavy atom. The SMILES string of the molecule is CC1=C(C(=O)Nc2ccccc2C(F)(F)F)[C@@H](c2ccc(F)cc2)C2=C(C[C@@H](c3ccccc3)CC2=O)N1. The van der Waals surface area contributed by atoms with Gasteiger partial charge in [-0.05, 0) is 54.7 Å². The van der Waals surface area contributed by atoms with Crippen LogP contribution in [-0.2, 0) is 15.8 Å². The van der Waals surface area contributed by atoms with Crippen LogP contribution in [0.25, 0.3) is 0 Å². The van der Waals surface area contributed by atoms with Gasteiger partial charge in [-0.2, -0.15) is 13.2 Å². The molecule has 3 aromatic rings. The van der Waals surface area contributed by atoms with Crippen LogP contribution in [0.4, 0.5) is 23.2 Å². The second-order valence-electron chi connectivity index (χ2n) is 9.48. The summed E-state index contributed by atoms with van der Waals surface area (Å²) in [5.74, 6) is -2.36. The Kier molecular flexibility index (Phi) is 6.65. The monoisotopic (exact) mass is 520 g/mol. The number of Topliss-reactive ketones (excluding diaryl/α,β-unsaturated/α-hetero) is 1. The number of amides is 1. The molecule has 2 atom stereocenters. The van der Waals surface area contributed by atoms with Gasteiger partial charge in [0.1, 0.15) is 5.82 Å². The third-order valence-corrected chi connectivity index (χ3v) is 7.03. The first-order chi connectivity index (χ1) is 18.1. The normalized spacial score (nSPS) is 19.7. The quantitative estimate of drug-likeness (QED) is 0.370. The Morgan fingerprint density at radius 3 is 2.24 bits per heavy atom. The molecule has 2 N–H and O–H groups in total. The molecule has 3 aromatic carbocycles. The van der Waals surface area contributed by atoms with Gasteiger partial charge in [-0.3, -0.25) is 9.59 Å². The summed E-state index contributed by atoms with van der Waals surface area (Å²) in [6.45, 7) is 1.65. The van der Waals surface area contributed by atoms with Crippen LogP contribution in [0.15, 0.2) is 101 Å². The van der Waals surface area contributed by atoms with Crippen LogP contribution in [0.5, 0.6) is 0 Å². The highest BCUT2D eigenvalue weighted by Crippen LogP contribution is 2.46. The molecule has 4 nitrogen and oxygen atoms in total. The van der Waals surface area contributed by atoms with E-state index < -0.39 is 29.4 Å². The summed E-state index contributed by atoms with van der Waals surface area (Å²) >= 11 is 0. The number of dihydropyridines is 1. The number of hydrogen-bond donors (Lipinski definition) is 2. The van der Waals surface area contributed by atoms with Crippen molar-refractivity contribution in [3.8, 4) is 0 Å². The van der Waals surface area contributed by atoms with Crippen molar-refractivity contribution in [3.63, 3.8) is 0 Å². The van der Waals surface area contributed by atoms with Gasteiger partial charge in [0.05, 0.1) is 11.3 Å². The summed E-state index contributed by atoms with van der Waals surface area (Å²) in [5.41, 5.74) is 1.72. The zero-order valence-electron chi connectivity index (χ0n) is 20.4. The number of benzene rings is 3. The van der Waals surface area contributed by atoms with Crippen LogP contribution in [0, 0.1) is 5.82 Å². The molecule has 194 valence electrons. The van der Waals surface area contributed by atoms with E-state index in [9.17, 15) is 27.2 Å². The van der Waals surface area contributed by atoms with Crippen molar-refractivity contribution in [2.24, 2.45) is 0 Å². The summed E-state index contributed by atoms with van der Waals surface area (Å²) in [6.07, 6.45) is -3.94. The molecule has 0 saturated carbocycles. The number of hydrogen-bond acceptors (Lipinski definition) is 3. The number of ketones is 1. The lowest BCUT2D eigenvalue weighted by atomic mass is 9.71. The molecular weight excluding hydrogens is 496 g/mol. The van der Waals surface area contributed by atoms with Crippen LogP contribution in [-0.4, -0.2) is 11.7 Å². The van der Waals surface area contributed by atoms with E-state index in [1.807, 2.05) is 30.3 Å². The number of allylic oxidation sites excluding steroid dienone is 3. The van der Waals surface area contributed by atoms with Crippen LogP contribution >= 0.6 is 0 Å². The van der Waals surface area contributed by atoms with Crippen molar-refractivity contribution in [1.29, 1.82) is 0 Å². The smallest absolute Gasteiger partial charge is 0.362 e. The zero-order chi connectivity index (χ0) is 27.0. The first-order valence-electron chi connectivity index (χ1n) is 12.2. The molecule has 38 heavy (non-hydrogen) atoms. The number of carbonyl (C=O) groups is 2. The van der Waals surface area contributed by atoms with Crippen molar-refractivity contribution in [2.45, 2.75) is 37.8 Å². The van der Waals surface area contributed by atoms with Gasteiger partial charge >= 0.3 is 6.18 Å². The third-order valence-electron chi connectivity index (χ3n) is 7.03. The van der Waals surface area contributed by atoms with Crippen molar-refractivity contribution in [3.05, 3.63) is 124 Å². The fourth-order valence-corrected chi connectivity index (χ4v) is 5.32. The van der Waals surface area contributed by atoms with Crippen molar-refractivity contribution >= 4 is 17.4 Å². The molecule has 0 fully saturated rings. The van der Waals surface area contributed by atoms with E-state index >= 15 is 0 Å². The van der Waals surface area contributed by atoms with Crippen LogP contribution in [0.3, 0.4) is 0 Å². The topological polar surface area (TPSA) is 58.2 Å². The largest absolute Gasteiger partial charge is 0.418 e. The first kappa shape index (κ1) is 25.4. The lowest BCUT2D eigenvalue weighted by Gasteiger charge is -2.37. The number of alkyl halides is 3. The Bertz CT molecular complexity index is 1460. The first-order valence-corrected chi connectivity index (χ1v) is 12.2. The minimum atomic E-state index is -4.67. The Hall–Kier alpha value is -4.20. The summed E-state index contributed by atoms with van der Waals surface area (Å²) in [6, 6.07) is 19.8. The number of rotatable bonds is 4. The third kappa shape index (κ3) is 4.86. The van der Waals surface area contributed by atoms with E-state index in [2.05, 4.69) is 10.6 Å². The molecule has 2 aliphatic rings. The van der Waals surface area contributed by atoms with Gasteiger partial charge in [-0.1, -0.05) is 54.6 Å². The van der Waals surface area contributed by atoms with Crippen molar-refractivity contribution in [2.75, 3.05) is 5.32 Å². The highest BCUT2D eigenvalue weighted by atomic mass is 19.4. The molecule has 0 aromatic heterocycles. The van der Waals surface area contributed by atoms with E-state index in [-0.39, 0.29) is 29.4 Å². The molecule has 0 unspecified atom stereocenters. The standard InChI is InChI=1S/C30H24F4N2O2/c1-17-26(29(38)36-23-10-6-5-9-22(23)30(32,33)34)27(19-11-13-21(31)14-12-19)28-24(35-17)15-20(16-25(28)37)18-7-3-2-4-8-18/h2-14,20,27,35H,15-16H2,1H3,(H,36,38)/t20-,27-/m1/s1. The Balaban J connectivity index is 1.57. The Morgan fingerprint density at radius 1 is 0.895 bits per heavy atom. The molecule has 0 saturated heterocycles. The number of halogens is 4. The van der Waals surface area contributed by atoms with E-state index in [1.165, 1.54) is 42.5 Å². The average molecular weight is 521 g/mol. The second kappa shape index (κ2) is 9.93. The van der Waals surface area contributed by atoms with E-state index in [0.717, 1.165) is 11.6 Å². The maximum Gasteiger partial charge on any atom is 0.418 e. The maximum atomic E-state index is 13.8. The molecule has 0 bridgehead atoms. The van der Waals surface area contributed by atoms with Crippen molar-refractivity contribution < 1.29 is 27.2 Å². The van der Waals surface area contributed by atoms with Gasteiger partial charge in [-0.15, -0.1) is 0 Å². The molecule has 1 aliphatic carbocycles. The molecule has 1 aliphatic heterocycles. The molecule has 0 radical (unpaired) electrons. The molecular formula is C30H24F4N2O2. The molecule has 5 rings (SSSR count). The number of nitrogens with one attached hydrogen (secondary N) is 2. The van der Waals surface area contributed by atoms with Crippen LogP contribution in [0.2, 0.25) is 0 Å². The van der Waals surface area contributed by atoms with Gasteiger partial charge in [0.15, 0.2) is 5.78 Å². The fraction of sp³-hybridized carbons (Fsp3) is 0.200. The molecule has 1 heterocycles. The van der Waals surface area contributed by atoms with Gasteiger partial charge < -0.3 is 10.6 Å². The van der Waals surface area contributed by atoms with Gasteiger partial charge in [0.25, 0.3) is 5.91 Å². The minimum absolute atomic E-state index is 0.0642. The zero-order valence-corrected chi connectivity index (χ0v) is 20.4. The van der Waals surface area contributed by atoms with E-state index in [0.29, 0.717) is 29.0 Å². The molecule has 1 amide bonds. The highest BCUT2D eigenvalue weighted by molar-refractivity contribution is 6.10. The van der Waals surface area contributed by atoms with Gasteiger partial charge in [0.2, 0.25) is 0 Å². The molecule has 8 heteroatoms. The predicted octanol–water partition coefficient (Wildman–Crippen LogP) is 6.84. The minimum Gasteiger partial charge on any atom is -0.362 e. The fourth-order valence-electron chi connectivity index (χ4n) is 5.32. The summed E-state index contributed by atoms with van der Waals surface area (Å²) < 4.78 is 54.5. The Labute approximate surface area is 217 Å². The summed E-state index contributed by atoms with van der Waals surface area (Å²) in [7, 11) is 0. The van der Waals surface area contributed by atoms with Gasteiger partial charge in [0, 0.05) is 34.9 Å². The number of carbonyl (C=O) groups excluding carboxylic acids is 2. The van der Waals surface area contributed by atoms with Crippen LogP contribution < -0.4 is 10.6 Å². The highest BCUT2D eigenvalue weighted by Gasteiger charge is 2.41. The number of anilines is 1. The molecule has 0 spiro atoms.